The fourth-order valence-electron chi connectivity index (χ4n) is 4.07. The Labute approximate surface area is 199 Å². The van der Waals surface area contributed by atoms with Crippen LogP contribution < -0.4 is 10.0 Å². The van der Waals surface area contributed by atoms with Crippen LogP contribution in [0.5, 0.6) is 0 Å². The summed E-state index contributed by atoms with van der Waals surface area (Å²) >= 11 is 1.60. The van der Waals surface area contributed by atoms with E-state index in [9.17, 15) is 13.2 Å². The first-order valence-electron chi connectivity index (χ1n) is 11.0. The highest BCUT2D eigenvalue weighted by Crippen LogP contribution is 2.30. The zero-order valence-corrected chi connectivity index (χ0v) is 20.2. The fourth-order valence-corrected chi connectivity index (χ4v) is 5.88. The van der Waals surface area contributed by atoms with Crippen LogP contribution in [0.2, 0.25) is 0 Å². The van der Waals surface area contributed by atoms with E-state index >= 15 is 0 Å². The minimum absolute atomic E-state index is 0.111. The zero-order valence-electron chi connectivity index (χ0n) is 18.5. The van der Waals surface area contributed by atoms with Crippen LogP contribution >= 0.6 is 11.3 Å². The number of hydrogen-bond acceptors (Lipinski definition) is 5. The molecule has 1 aliphatic rings. The van der Waals surface area contributed by atoms with Crippen LogP contribution in [0.25, 0.3) is 0 Å². The van der Waals surface area contributed by atoms with Crippen LogP contribution in [0.1, 0.15) is 50.8 Å². The Hall–Kier alpha value is -2.52. The molecule has 0 radical (unpaired) electrons. The van der Waals surface area contributed by atoms with Gasteiger partial charge in [0, 0.05) is 24.1 Å². The lowest BCUT2D eigenvalue weighted by atomic mass is 9.89. The van der Waals surface area contributed by atoms with E-state index in [0.29, 0.717) is 5.56 Å². The number of amides is 1. The Kier molecular flexibility index (Phi) is 7.60. The molecule has 1 atom stereocenters. The number of hydrogen-bond donors (Lipinski definition) is 2. The van der Waals surface area contributed by atoms with E-state index in [0.717, 1.165) is 23.3 Å². The predicted molar refractivity (Wildman–Crippen MR) is 130 cm³/mol. The molecular formula is C25H28N2O4S2. The molecule has 8 heteroatoms. The lowest BCUT2D eigenvalue weighted by Crippen LogP contribution is -2.29. The molecule has 4 rings (SSSR count). The van der Waals surface area contributed by atoms with Gasteiger partial charge < -0.3 is 10.1 Å². The minimum Gasteiger partial charge on any atom is -0.383 e. The van der Waals surface area contributed by atoms with Crippen LogP contribution in [0.15, 0.2) is 64.9 Å². The Morgan fingerprint density at radius 2 is 1.82 bits per heavy atom. The Balaban J connectivity index is 1.53. The number of thiophene rings is 1. The second-order valence-electron chi connectivity index (χ2n) is 8.07. The number of carbonyl (C=O) groups excluding carboxylic acids is 1. The lowest BCUT2D eigenvalue weighted by molar-refractivity contribution is 0.0943. The molecule has 3 aromatic rings. The highest BCUT2D eigenvalue weighted by atomic mass is 32.2. The number of methoxy groups -OCH3 is 1. The van der Waals surface area contributed by atoms with Gasteiger partial charge in [0.05, 0.1) is 17.5 Å². The molecule has 1 aliphatic carbocycles. The third-order valence-electron chi connectivity index (χ3n) is 5.83. The average Bonchev–Trinajstić information content (AvgIpc) is 3.37. The standard InChI is InChI=1S/C25H28N2O4S2/c1-31-15-14-26-33(29,30)22-12-10-19(11-13-22)25(28)27-24(23-7-4-16-32-23)21-9-8-18-5-2-3-6-20(18)17-21/h4,7-13,16-17,24,26H,2-3,5-6,14-15H2,1H3,(H,27,28). The van der Waals surface area contributed by atoms with Crippen molar-refractivity contribution < 1.29 is 17.9 Å². The molecule has 0 fully saturated rings. The van der Waals surface area contributed by atoms with Gasteiger partial charge in [0.1, 0.15) is 0 Å². The zero-order chi connectivity index (χ0) is 23.3. The van der Waals surface area contributed by atoms with Crippen molar-refractivity contribution in [3.8, 4) is 0 Å². The first-order valence-corrected chi connectivity index (χ1v) is 13.4. The van der Waals surface area contributed by atoms with Gasteiger partial charge in [-0.15, -0.1) is 11.3 Å². The van der Waals surface area contributed by atoms with Gasteiger partial charge in [-0.25, -0.2) is 13.1 Å². The highest BCUT2D eigenvalue weighted by molar-refractivity contribution is 7.89. The maximum Gasteiger partial charge on any atom is 0.252 e. The summed E-state index contributed by atoms with van der Waals surface area (Å²) < 4.78 is 32.1. The summed E-state index contributed by atoms with van der Waals surface area (Å²) in [6.45, 7) is 0.469. The van der Waals surface area contributed by atoms with Gasteiger partial charge in [-0.2, -0.15) is 0 Å². The first kappa shape index (κ1) is 23.6. The Bertz CT molecular complexity index is 1190. The molecule has 0 aliphatic heterocycles. The first-order chi connectivity index (χ1) is 16.0. The van der Waals surface area contributed by atoms with Gasteiger partial charge in [-0.05, 0) is 78.1 Å². The Morgan fingerprint density at radius 3 is 2.52 bits per heavy atom. The number of benzene rings is 2. The molecule has 0 spiro atoms. The van der Waals surface area contributed by atoms with Gasteiger partial charge in [-0.3, -0.25) is 4.79 Å². The van der Waals surface area contributed by atoms with Crippen molar-refractivity contribution in [2.24, 2.45) is 0 Å². The topological polar surface area (TPSA) is 84.5 Å². The molecule has 1 aromatic heterocycles. The van der Waals surface area contributed by atoms with Gasteiger partial charge in [-0.1, -0.05) is 24.3 Å². The quantitative estimate of drug-likeness (QED) is 0.449. The minimum atomic E-state index is -3.65. The molecule has 0 bridgehead atoms. The molecule has 174 valence electrons. The molecule has 2 N–H and O–H groups in total. The average molecular weight is 485 g/mol. The van der Waals surface area contributed by atoms with Crippen molar-refractivity contribution in [3.05, 3.63) is 87.1 Å². The number of nitrogens with one attached hydrogen (secondary N) is 2. The second kappa shape index (κ2) is 10.6. The van der Waals surface area contributed by atoms with Crippen molar-refractivity contribution in [1.82, 2.24) is 10.0 Å². The summed E-state index contributed by atoms with van der Waals surface area (Å²) in [6.07, 6.45) is 4.61. The van der Waals surface area contributed by atoms with Crippen LogP contribution in [-0.4, -0.2) is 34.6 Å². The number of ether oxygens (including phenoxy) is 1. The normalized spacial score (nSPS) is 14.5. The number of aryl methyl sites for hydroxylation is 2. The summed E-state index contributed by atoms with van der Waals surface area (Å²) in [5.74, 6) is -0.248. The largest absolute Gasteiger partial charge is 0.383 e. The summed E-state index contributed by atoms with van der Waals surface area (Å²) in [5.41, 5.74) is 4.24. The number of carbonyl (C=O) groups is 1. The van der Waals surface area contributed by atoms with E-state index in [1.54, 1.807) is 23.5 Å². The molecule has 6 nitrogen and oxygen atoms in total. The maximum atomic E-state index is 13.1. The third-order valence-corrected chi connectivity index (χ3v) is 8.25. The number of sulfonamides is 1. The van der Waals surface area contributed by atoms with Gasteiger partial charge >= 0.3 is 0 Å². The molecular weight excluding hydrogens is 456 g/mol. The molecule has 33 heavy (non-hydrogen) atoms. The number of fused-ring (bicyclic) bond motifs is 1. The van der Waals surface area contributed by atoms with E-state index in [2.05, 4.69) is 28.2 Å². The summed E-state index contributed by atoms with van der Waals surface area (Å²) in [6, 6.07) is 16.2. The van der Waals surface area contributed by atoms with Crippen molar-refractivity contribution >= 4 is 27.3 Å². The lowest BCUT2D eigenvalue weighted by Gasteiger charge is -2.22. The third kappa shape index (κ3) is 5.70. The van der Waals surface area contributed by atoms with E-state index in [4.69, 9.17) is 4.74 Å². The van der Waals surface area contributed by atoms with Crippen LogP contribution in [0.3, 0.4) is 0 Å². The van der Waals surface area contributed by atoms with Crippen molar-refractivity contribution in [2.75, 3.05) is 20.3 Å². The molecule has 1 heterocycles. The fraction of sp³-hybridized carbons (Fsp3) is 0.320. The molecule has 1 amide bonds. The Morgan fingerprint density at radius 1 is 1.06 bits per heavy atom. The summed E-state index contributed by atoms with van der Waals surface area (Å²) in [5, 5.41) is 5.15. The van der Waals surface area contributed by atoms with E-state index in [1.165, 1.54) is 43.2 Å². The smallest absolute Gasteiger partial charge is 0.252 e. The second-order valence-corrected chi connectivity index (χ2v) is 10.8. The summed E-state index contributed by atoms with van der Waals surface area (Å²) in [4.78, 5) is 14.3. The van der Waals surface area contributed by atoms with E-state index < -0.39 is 10.0 Å². The highest BCUT2D eigenvalue weighted by Gasteiger charge is 2.21. The van der Waals surface area contributed by atoms with E-state index in [-0.39, 0.29) is 30.0 Å². The molecule has 0 saturated carbocycles. The van der Waals surface area contributed by atoms with Crippen LogP contribution in [0.4, 0.5) is 0 Å². The maximum absolute atomic E-state index is 13.1. The van der Waals surface area contributed by atoms with Crippen LogP contribution in [-0.2, 0) is 27.6 Å². The monoisotopic (exact) mass is 484 g/mol. The van der Waals surface area contributed by atoms with Crippen molar-refractivity contribution in [1.29, 1.82) is 0 Å². The number of rotatable bonds is 9. The molecule has 1 unspecified atom stereocenters. The summed E-state index contributed by atoms with van der Waals surface area (Å²) in [7, 11) is -2.14. The van der Waals surface area contributed by atoms with Gasteiger partial charge in [0.2, 0.25) is 10.0 Å². The van der Waals surface area contributed by atoms with Gasteiger partial charge in [0.25, 0.3) is 5.91 Å². The van der Waals surface area contributed by atoms with Crippen molar-refractivity contribution in [3.63, 3.8) is 0 Å². The molecule has 0 saturated heterocycles. The van der Waals surface area contributed by atoms with Crippen LogP contribution in [0, 0.1) is 0 Å². The van der Waals surface area contributed by atoms with E-state index in [1.807, 2.05) is 17.5 Å². The predicted octanol–water partition coefficient (Wildman–Crippen LogP) is 4.07. The van der Waals surface area contributed by atoms with Gasteiger partial charge in [0.15, 0.2) is 0 Å². The molecule has 2 aromatic carbocycles. The van der Waals surface area contributed by atoms with Crippen molar-refractivity contribution in [2.45, 2.75) is 36.6 Å². The SMILES string of the molecule is COCCNS(=O)(=O)c1ccc(C(=O)NC(c2ccc3c(c2)CCCC3)c2cccs2)cc1.